The van der Waals surface area contributed by atoms with Gasteiger partial charge in [0.2, 0.25) is 0 Å². The molecule has 0 saturated heterocycles. The third-order valence-electron chi connectivity index (χ3n) is 7.89. The van der Waals surface area contributed by atoms with E-state index in [1.165, 1.54) is 12.1 Å². The Kier molecular flexibility index (Phi) is 22.7. The first-order chi connectivity index (χ1) is 25.9. The number of azo groups is 2. The molecular formula is C32H14Cu2N4Na4O16S4. The molecule has 0 saturated carbocycles. The minimum absolute atomic E-state index is 0. The van der Waals surface area contributed by atoms with E-state index in [4.69, 9.17) is 0 Å². The fraction of sp³-hybridized carbons (Fsp3) is 0. The average molecular weight is 1060 g/mol. The summed E-state index contributed by atoms with van der Waals surface area (Å²) >= 11 is 0. The molecule has 0 amide bonds. The van der Waals surface area contributed by atoms with Crippen molar-refractivity contribution in [3.05, 3.63) is 84.9 Å². The summed E-state index contributed by atoms with van der Waals surface area (Å²) in [5.74, 6) is -4.34. The SMILES string of the molecule is O=S(=O)([O-])c1ccc2c([O-])c(N=Nc3ccc(-c4ccc(N=Nc5c([O-])c(S(=O)(=O)[O-])cc6cc(S(=O)(=O)[O-])ccc56)c([O-])c4)cc3[O-])c(S(=O)(=O)[O-])cc2c1.[Cu+2].[Cu+2].[Na+].[Na+].[Na+].[Na+]. The van der Waals surface area contributed by atoms with Crippen molar-refractivity contribution >= 4 is 84.8 Å². The fourth-order valence-corrected chi connectivity index (χ4v) is 7.53. The van der Waals surface area contributed by atoms with Gasteiger partial charge in [-0.2, -0.15) is 15.3 Å². The van der Waals surface area contributed by atoms with E-state index in [9.17, 15) is 72.3 Å². The Labute approximate surface area is 461 Å². The second-order valence-corrected chi connectivity index (χ2v) is 16.9. The molecule has 0 bridgehead atoms. The smallest absolute Gasteiger partial charge is 0.871 e. The molecule has 20 nitrogen and oxygen atoms in total. The molecule has 0 N–H and O–H groups in total. The molecule has 0 aromatic heterocycles. The van der Waals surface area contributed by atoms with Gasteiger partial charge in [-0.25, -0.2) is 33.7 Å². The van der Waals surface area contributed by atoms with Crippen molar-refractivity contribution in [1.29, 1.82) is 0 Å². The topological polar surface area (TPSA) is 370 Å². The van der Waals surface area contributed by atoms with Crippen LogP contribution in [0, 0.1) is 0 Å². The molecule has 0 aliphatic rings. The predicted molar refractivity (Wildman–Crippen MR) is 178 cm³/mol. The Balaban J connectivity index is 0.00000620. The largest absolute Gasteiger partial charge is 2.00 e. The molecule has 0 aliphatic carbocycles. The van der Waals surface area contributed by atoms with E-state index >= 15 is 0 Å². The Morgan fingerprint density at radius 3 is 1.18 bits per heavy atom. The van der Waals surface area contributed by atoms with Crippen LogP contribution < -0.4 is 139 Å². The van der Waals surface area contributed by atoms with Crippen LogP contribution in [0.5, 0.6) is 23.0 Å². The summed E-state index contributed by atoms with van der Waals surface area (Å²) in [6.07, 6.45) is 0. The number of hydrogen-bond donors (Lipinski definition) is 0. The molecule has 6 aromatic rings. The molecule has 62 heavy (non-hydrogen) atoms. The van der Waals surface area contributed by atoms with Crippen LogP contribution >= 0.6 is 0 Å². The second-order valence-electron chi connectivity index (χ2n) is 11.5. The molecule has 30 heteroatoms. The van der Waals surface area contributed by atoms with Gasteiger partial charge in [-0.1, -0.05) is 59.4 Å². The molecular weight excluding hydrogens is 1040 g/mol. The Hall–Kier alpha value is -1.08. The number of benzene rings is 6. The van der Waals surface area contributed by atoms with E-state index in [2.05, 4.69) is 20.5 Å². The van der Waals surface area contributed by atoms with Gasteiger partial charge in [0.25, 0.3) is 0 Å². The zero-order valence-corrected chi connectivity index (χ0v) is 44.8. The Morgan fingerprint density at radius 1 is 0.387 bits per heavy atom. The van der Waals surface area contributed by atoms with Crippen LogP contribution in [0.3, 0.4) is 0 Å². The number of rotatable bonds is 9. The predicted octanol–water partition coefficient (Wildman–Crippen LogP) is -9.59. The van der Waals surface area contributed by atoms with Gasteiger partial charge in [0, 0.05) is 10.3 Å². The third kappa shape index (κ3) is 13.5. The van der Waals surface area contributed by atoms with Gasteiger partial charge < -0.3 is 38.6 Å². The summed E-state index contributed by atoms with van der Waals surface area (Å²) in [5.41, 5.74) is -2.44. The maximum absolute atomic E-state index is 13.1. The van der Waals surface area contributed by atoms with Crippen molar-refractivity contribution in [2.24, 2.45) is 20.5 Å². The van der Waals surface area contributed by atoms with Crippen LogP contribution in [0.2, 0.25) is 0 Å². The summed E-state index contributed by atoms with van der Waals surface area (Å²) < 4.78 is 140. The van der Waals surface area contributed by atoms with Crippen LogP contribution in [0.4, 0.5) is 22.7 Å². The van der Waals surface area contributed by atoms with Crippen molar-refractivity contribution in [3.63, 3.8) is 0 Å². The first kappa shape index (κ1) is 60.9. The monoisotopic (exact) mass is 1060 g/mol. The normalized spacial score (nSPS) is 11.7. The first-order valence-electron chi connectivity index (χ1n) is 14.8. The number of fused-ring (bicyclic) bond motifs is 2. The molecule has 0 unspecified atom stereocenters. The van der Waals surface area contributed by atoms with Crippen LogP contribution in [0.25, 0.3) is 32.7 Å². The van der Waals surface area contributed by atoms with Crippen molar-refractivity contribution < 1.29 is 225 Å². The average Bonchev–Trinajstić information content (AvgIpc) is 3.09. The summed E-state index contributed by atoms with van der Waals surface area (Å²) in [6, 6.07) is 12.7. The van der Waals surface area contributed by atoms with Gasteiger partial charge >= 0.3 is 152 Å². The van der Waals surface area contributed by atoms with Gasteiger partial charge in [-0.05, 0) is 75.8 Å². The molecule has 0 spiro atoms. The van der Waals surface area contributed by atoms with Crippen molar-refractivity contribution in [2.45, 2.75) is 19.6 Å². The molecule has 6 rings (SSSR count). The number of hydrogen-bond acceptors (Lipinski definition) is 20. The van der Waals surface area contributed by atoms with E-state index in [1.807, 2.05) is 0 Å². The van der Waals surface area contributed by atoms with Gasteiger partial charge in [-0.15, -0.1) is 5.11 Å². The molecule has 0 atom stereocenters. The maximum atomic E-state index is 13.1. The second kappa shape index (κ2) is 23.1. The maximum Gasteiger partial charge on any atom is 2.00 e. The standard InChI is InChI=1S/C32H22N4O16S4.2Cu.4Na/c37-25-11-15(1-7-23(25)33-35-29-21-5-3-19(53(41,42)43)9-17(21)14-28(32(29)40)56(50,51)52)16-2-8-24(26(38)12-16)34-36-30-27(55(47,48)49)13-18-10-20(54(44,45)46)4-6-22(18)31(30)39;;;;;;/h1-14,37-40H,(H,41,42,43)(H,44,45,46)(H,47,48,49)(H,50,51,52);;;;;;/q;2*+2;4*+1/p-8. The van der Waals surface area contributed by atoms with Crippen LogP contribution in [0.1, 0.15) is 0 Å². The molecule has 0 fully saturated rings. The van der Waals surface area contributed by atoms with Crippen LogP contribution in [-0.4, -0.2) is 51.9 Å². The van der Waals surface area contributed by atoms with E-state index in [0.717, 1.165) is 54.6 Å². The Bertz CT molecular complexity index is 3220. The van der Waals surface area contributed by atoms with Gasteiger partial charge in [0.15, 0.2) is 0 Å². The first-order valence-corrected chi connectivity index (χ1v) is 20.4. The summed E-state index contributed by atoms with van der Waals surface area (Å²) in [6.45, 7) is 0. The van der Waals surface area contributed by atoms with Crippen LogP contribution in [-0.2, 0) is 74.6 Å². The van der Waals surface area contributed by atoms with E-state index in [-0.39, 0.29) is 185 Å². The zero-order chi connectivity index (χ0) is 41.1. The third-order valence-corrected chi connectivity index (χ3v) is 11.2. The summed E-state index contributed by atoms with van der Waals surface area (Å²) in [7, 11) is -20.9. The van der Waals surface area contributed by atoms with Gasteiger partial charge in [0.1, 0.15) is 40.5 Å². The minimum atomic E-state index is -5.44. The molecule has 0 aliphatic heterocycles. The molecule has 0 heterocycles. The summed E-state index contributed by atoms with van der Waals surface area (Å²) in [5, 5.41) is 65.0. The van der Waals surface area contributed by atoms with E-state index < -0.39 is 106 Å². The quantitative estimate of drug-likeness (QED) is 0.0737. The van der Waals surface area contributed by atoms with E-state index in [0.29, 0.717) is 18.2 Å². The van der Waals surface area contributed by atoms with E-state index in [1.54, 1.807) is 0 Å². The molecule has 308 valence electrons. The van der Waals surface area contributed by atoms with Crippen molar-refractivity contribution in [1.82, 2.24) is 0 Å². The van der Waals surface area contributed by atoms with Crippen molar-refractivity contribution in [2.75, 3.05) is 0 Å². The number of nitrogens with zero attached hydrogens (tertiary/aromatic N) is 4. The van der Waals surface area contributed by atoms with Gasteiger partial charge in [0.05, 0.1) is 37.4 Å². The van der Waals surface area contributed by atoms with Crippen LogP contribution in [0.15, 0.2) is 125 Å². The Morgan fingerprint density at radius 2 is 0.774 bits per heavy atom. The minimum Gasteiger partial charge on any atom is -0.871 e. The fourth-order valence-electron chi connectivity index (χ4n) is 5.28. The van der Waals surface area contributed by atoms with Gasteiger partial charge in [-0.3, -0.25) is 0 Å². The molecule has 2 radical (unpaired) electrons. The summed E-state index contributed by atoms with van der Waals surface area (Å²) in [4.78, 5) is -4.15. The molecule has 6 aromatic carbocycles. The van der Waals surface area contributed by atoms with Crippen molar-refractivity contribution in [3.8, 4) is 34.1 Å². The zero-order valence-electron chi connectivity index (χ0n) is 31.6.